The largest absolute Gasteiger partial charge is 0.366 e. The van der Waals surface area contributed by atoms with E-state index >= 15 is 0 Å². The summed E-state index contributed by atoms with van der Waals surface area (Å²) < 4.78 is 6.43. The highest BCUT2D eigenvalue weighted by Crippen LogP contribution is 2.29. The van der Waals surface area contributed by atoms with Crippen LogP contribution in [0, 0.1) is 0 Å². The molecule has 0 aliphatic heterocycles. The van der Waals surface area contributed by atoms with Crippen molar-refractivity contribution in [1.29, 1.82) is 0 Å². The second kappa shape index (κ2) is 7.75. The van der Waals surface area contributed by atoms with Gasteiger partial charge in [0.1, 0.15) is 0 Å². The monoisotopic (exact) mass is 302 g/mol. The summed E-state index contributed by atoms with van der Waals surface area (Å²) >= 11 is 0. The van der Waals surface area contributed by atoms with Crippen LogP contribution in [0.1, 0.15) is 35.8 Å². The van der Waals surface area contributed by atoms with Gasteiger partial charge in [-0.1, -0.05) is 91.0 Å². The van der Waals surface area contributed by atoms with Crippen molar-refractivity contribution >= 4 is 0 Å². The van der Waals surface area contributed by atoms with Crippen LogP contribution in [0.15, 0.2) is 91.0 Å². The quantitative estimate of drug-likeness (QED) is 0.563. The molecule has 23 heavy (non-hydrogen) atoms. The summed E-state index contributed by atoms with van der Waals surface area (Å²) in [4.78, 5) is 0. The Morgan fingerprint density at radius 1 is 0.652 bits per heavy atom. The molecule has 116 valence electrons. The molecule has 0 heterocycles. The fraction of sp³-hybridized carbons (Fsp3) is 0.182. The zero-order valence-corrected chi connectivity index (χ0v) is 13.4. The maximum Gasteiger partial charge on any atom is 0.0873 e. The lowest BCUT2D eigenvalue weighted by atomic mass is 10.0. The number of benzene rings is 3. The SMILES string of the molecule is C[C@@H](O[C@H](Cc1ccccc1)c1ccccc1)c1ccccc1. The van der Waals surface area contributed by atoms with Crippen molar-refractivity contribution in [3.63, 3.8) is 0 Å². The smallest absolute Gasteiger partial charge is 0.0873 e. The molecular formula is C22H22O. The number of ether oxygens (including phenoxy) is 1. The van der Waals surface area contributed by atoms with Gasteiger partial charge in [0.05, 0.1) is 12.2 Å². The lowest BCUT2D eigenvalue weighted by molar-refractivity contribution is -0.00474. The second-order valence-electron chi connectivity index (χ2n) is 5.78. The highest BCUT2D eigenvalue weighted by molar-refractivity contribution is 5.23. The van der Waals surface area contributed by atoms with Gasteiger partial charge in [-0.3, -0.25) is 0 Å². The van der Waals surface area contributed by atoms with E-state index in [1.807, 2.05) is 12.1 Å². The van der Waals surface area contributed by atoms with Gasteiger partial charge in [0, 0.05) is 6.42 Å². The molecule has 0 saturated carbocycles. The van der Waals surface area contributed by atoms with Crippen LogP contribution in [0.2, 0.25) is 0 Å². The molecule has 0 bridgehead atoms. The minimum atomic E-state index is 0.0498. The Labute approximate surface area is 138 Å². The lowest BCUT2D eigenvalue weighted by Gasteiger charge is -2.23. The molecule has 1 nitrogen and oxygen atoms in total. The third-order valence-electron chi connectivity index (χ3n) is 4.07. The number of hydrogen-bond acceptors (Lipinski definition) is 1. The molecule has 2 atom stereocenters. The summed E-state index contributed by atoms with van der Waals surface area (Å²) in [6.45, 7) is 2.12. The van der Waals surface area contributed by atoms with Gasteiger partial charge >= 0.3 is 0 Å². The maximum atomic E-state index is 6.43. The Balaban J connectivity index is 1.81. The van der Waals surface area contributed by atoms with Crippen molar-refractivity contribution in [2.75, 3.05) is 0 Å². The zero-order chi connectivity index (χ0) is 15.9. The third-order valence-corrected chi connectivity index (χ3v) is 4.07. The van der Waals surface area contributed by atoms with E-state index in [0.717, 1.165) is 6.42 Å². The van der Waals surface area contributed by atoms with E-state index in [2.05, 4.69) is 85.8 Å². The predicted molar refractivity (Wildman–Crippen MR) is 95.3 cm³/mol. The van der Waals surface area contributed by atoms with Crippen LogP contribution in [-0.4, -0.2) is 0 Å². The van der Waals surface area contributed by atoms with E-state index in [9.17, 15) is 0 Å². The molecule has 3 aromatic rings. The van der Waals surface area contributed by atoms with Crippen molar-refractivity contribution in [2.24, 2.45) is 0 Å². The molecule has 0 amide bonds. The summed E-state index contributed by atoms with van der Waals surface area (Å²) in [6.07, 6.45) is 0.987. The molecule has 0 saturated heterocycles. The first-order valence-electron chi connectivity index (χ1n) is 8.12. The summed E-state index contributed by atoms with van der Waals surface area (Å²) in [5.74, 6) is 0. The van der Waals surface area contributed by atoms with Crippen molar-refractivity contribution in [3.05, 3.63) is 108 Å². The molecule has 3 rings (SSSR count). The molecule has 0 unspecified atom stereocenters. The second-order valence-corrected chi connectivity index (χ2v) is 5.78. The van der Waals surface area contributed by atoms with E-state index in [-0.39, 0.29) is 12.2 Å². The molecule has 0 spiro atoms. The highest BCUT2D eigenvalue weighted by Gasteiger charge is 2.17. The summed E-state index contributed by atoms with van der Waals surface area (Å²) in [7, 11) is 0. The Morgan fingerprint density at radius 2 is 1.13 bits per heavy atom. The molecule has 0 aliphatic rings. The first kappa shape index (κ1) is 15.5. The van der Waals surface area contributed by atoms with Gasteiger partial charge in [-0.15, -0.1) is 0 Å². The average molecular weight is 302 g/mol. The molecule has 3 aromatic carbocycles. The van der Waals surface area contributed by atoms with Crippen LogP contribution >= 0.6 is 0 Å². The minimum Gasteiger partial charge on any atom is -0.366 e. The summed E-state index contributed by atoms with van der Waals surface area (Å²) in [5.41, 5.74) is 3.72. The van der Waals surface area contributed by atoms with E-state index in [0.29, 0.717) is 0 Å². The molecule has 1 heteroatoms. The Morgan fingerprint density at radius 3 is 1.70 bits per heavy atom. The zero-order valence-electron chi connectivity index (χ0n) is 13.4. The van der Waals surface area contributed by atoms with Crippen molar-refractivity contribution in [1.82, 2.24) is 0 Å². The van der Waals surface area contributed by atoms with Gasteiger partial charge in [0.25, 0.3) is 0 Å². The van der Waals surface area contributed by atoms with Crippen molar-refractivity contribution < 1.29 is 4.74 Å². The lowest BCUT2D eigenvalue weighted by Crippen LogP contribution is -2.11. The molecule has 0 N–H and O–H groups in total. The predicted octanol–water partition coefficient (Wildman–Crippen LogP) is 5.75. The fourth-order valence-corrected chi connectivity index (χ4v) is 2.79. The van der Waals surface area contributed by atoms with Crippen molar-refractivity contribution in [2.45, 2.75) is 25.6 Å². The van der Waals surface area contributed by atoms with Crippen LogP contribution in [0.25, 0.3) is 0 Å². The maximum absolute atomic E-state index is 6.43. The van der Waals surface area contributed by atoms with Gasteiger partial charge in [-0.05, 0) is 23.6 Å². The summed E-state index contributed by atoms with van der Waals surface area (Å²) in [5, 5.41) is 0. The molecule has 0 fully saturated rings. The summed E-state index contributed by atoms with van der Waals surface area (Å²) in [6, 6.07) is 31.4. The number of rotatable bonds is 6. The van der Waals surface area contributed by atoms with Gasteiger partial charge in [-0.25, -0.2) is 0 Å². The average Bonchev–Trinajstić information content (AvgIpc) is 2.63. The standard InChI is InChI=1S/C22H22O/c1-18(20-13-7-3-8-14-20)23-22(21-15-9-4-10-16-21)17-19-11-5-2-6-12-19/h2-16,18,22H,17H2,1H3/t18-,22-/m1/s1. The number of hydrogen-bond donors (Lipinski definition) is 0. The van der Waals surface area contributed by atoms with Gasteiger partial charge in [-0.2, -0.15) is 0 Å². The van der Waals surface area contributed by atoms with Crippen molar-refractivity contribution in [3.8, 4) is 0 Å². The van der Waals surface area contributed by atoms with Crippen LogP contribution in [-0.2, 0) is 11.2 Å². The van der Waals surface area contributed by atoms with E-state index in [1.165, 1.54) is 16.7 Å². The van der Waals surface area contributed by atoms with E-state index < -0.39 is 0 Å². The normalized spacial score (nSPS) is 13.4. The van der Waals surface area contributed by atoms with E-state index in [4.69, 9.17) is 4.74 Å². The first-order valence-corrected chi connectivity index (χ1v) is 8.12. The van der Waals surface area contributed by atoms with Crippen LogP contribution in [0.5, 0.6) is 0 Å². The molecular weight excluding hydrogens is 280 g/mol. The topological polar surface area (TPSA) is 9.23 Å². The Bertz CT molecular complexity index is 692. The Hall–Kier alpha value is -2.38. The van der Waals surface area contributed by atoms with E-state index in [1.54, 1.807) is 0 Å². The van der Waals surface area contributed by atoms with Gasteiger partial charge in [0.2, 0.25) is 0 Å². The Kier molecular flexibility index (Phi) is 5.23. The van der Waals surface area contributed by atoms with Crippen LogP contribution in [0.3, 0.4) is 0 Å². The fourth-order valence-electron chi connectivity index (χ4n) is 2.79. The van der Waals surface area contributed by atoms with Gasteiger partial charge < -0.3 is 4.74 Å². The van der Waals surface area contributed by atoms with Gasteiger partial charge in [0.15, 0.2) is 0 Å². The van der Waals surface area contributed by atoms with Crippen LogP contribution in [0.4, 0.5) is 0 Å². The first-order chi connectivity index (χ1) is 11.3. The third kappa shape index (κ3) is 4.30. The molecule has 0 aliphatic carbocycles. The molecule has 0 aromatic heterocycles. The van der Waals surface area contributed by atoms with Crippen LogP contribution < -0.4 is 0 Å². The highest BCUT2D eigenvalue weighted by atomic mass is 16.5. The minimum absolute atomic E-state index is 0.0498. The molecule has 0 radical (unpaired) electrons.